The van der Waals surface area contributed by atoms with Gasteiger partial charge < -0.3 is 10.2 Å². The van der Waals surface area contributed by atoms with E-state index < -0.39 is 5.60 Å². The Morgan fingerprint density at radius 2 is 2.04 bits per heavy atom. The number of fused-ring (bicyclic) bond motifs is 5. The molecular weight excluding hydrogens is 308 g/mol. The van der Waals surface area contributed by atoms with Gasteiger partial charge in [0.1, 0.15) is 11.4 Å². The maximum atomic E-state index is 11.1. The summed E-state index contributed by atoms with van der Waals surface area (Å²) in [5.74, 6) is 4.96. The molecule has 1 aromatic carbocycles. The number of benzene rings is 1. The number of phenolic OH excluding ortho intramolecular Hbond substituents is 1. The molecular formula is C20H23ClO2. The van der Waals surface area contributed by atoms with Crippen molar-refractivity contribution in [3.05, 3.63) is 29.3 Å². The Morgan fingerprint density at radius 3 is 2.83 bits per heavy atom. The van der Waals surface area contributed by atoms with Gasteiger partial charge in [0.25, 0.3) is 0 Å². The highest BCUT2D eigenvalue weighted by Gasteiger charge is 2.61. The zero-order chi connectivity index (χ0) is 16.2. The highest BCUT2D eigenvalue weighted by molar-refractivity contribution is 6.30. The number of hydrogen-bond donors (Lipinski definition) is 2. The van der Waals surface area contributed by atoms with Crippen LogP contribution in [0.2, 0.25) is 0 Å². The van der Waals surface area contributed by atoms with Crippen LogP contribution in [0.4, 0.5) is 0 Å². The average molecular weight is 331 g/mol. The second-order valence-corrected chi connectivity index (χ2v) is 8.06. The van der Waals surface area contributed by atoms with Crippen molar-refractivity contribution < 1.29 is 10.2 Å². The van der Waals surface area contributed by atoms with Crippen molar-refractivity contribution in [1.29, 1.82) is 0 Å². The molecule has 3 aliphatic carbocycles. The van der Waals surface area contributed by atoms with Crippen molar-refractivity contribution in [2.24, 2.45) is 17.3 Å². The third-order valence-electron chi connectivity index (χ3n) is 7.12. The normalized spacial score (nSPS) is 41.3. The number of hydrogen-bond acceptors (Lipinski definition) is 2. The maximum Gasteiger partial charge on any atom is 0.132 e. The van der Waals surface area contributed by atoms with Crippen molar-refractivity contribution in [3.63, 3.8) is 0 Å². The Hall–Kier alpha value is -1.17. The van der Waals surface area contributed by atoms with Crippen LogP contribution in [0.1, 0.15) is 56.1 Å². The molecule has 0 amide bonds. The van der Waals surface area contributed by atoms with E-state index in [1.165, 1.54) is 11.1 Å². The number of aromatic hydroxyl groups is 1. The van der Waals surface area contributed by atoms with Gasteiger partial charge in [0, 0.05) is 10.8 Å². The maximum absolute atomic E-state index is 11.1. The fourth-order valence-electron chi connectivity index (χ4n) is 5.87. The lowest BCUT2D eigenvalue weighted by Gasteiger charge is -2.52. The number of rotatable bonds is 0. The van der Waals surface area contributed by atoms with Gasteiger partial charge in [0.05, 0.1) is 0 Å². The molecule has 0 radical (unpaired) electrons. The fraction of sp³-hybridized carbons (Fsp3) is 0.600. The molecule has 0 spiro atoms. The van der Waals surface area contributed by atoms with E-state index in [-0.39, 0.29) is 5.41 Å². The zero-order valence-electron chi connectivity index (χ0n) is 13.5. The summed E-state index contributed by atoms with van der Waals surface area (Å²) in [6, 6.07) is 5.87. The third kappa shape index (κ3) is 2.06. The van der Waals surface area contributed by atoms with E-state index in [1.54, 1.807) is 0 Å². The van der Waals surface area contributed by atoms with Gasteiger partial charge in [-0.25, -0.2) is 0 Å². The largest absolute Gasteiger partial charge is 0.508 e. The molecule has 5 atom stereocenters. The smallest absolute Gasteiger partial charge is 0.132 e. The van der Waals surface area contributed by atoms with E-state index in [0.717, 1.165) is 38.5 Å². The molecule has 122 valence electrons. The van der Waals surface area contributed by atoms with Crippen LogP contribution < -0.4 is 0 Å². The highest BCUT2D eigenvalue weighted by atomic mass is 35.5. The lowest BCUT2D eigenvalue weighted by molar-refractivity contribution is -0.0647. The van der Waals surface area contributed by atoms with Crippen molar-refractivity contribution in [3.8, 4) is 17.0 Å². The lowest BCUT2D eigenvalue weighted by Crippen LogP contribution is -2.50. The van der Waals surface area contributed by atoms with Gasteiger partial charge in [0.2, 0.25) is 0 Å². The predicted molar refractivity (Wildman–Crippen MR) is 91.3 cm³/mol. The molecule has 0 saturated heterocycles. The summed E-state index contributed by atoms with van der Waals surface area (Å²) in [6.45, 7) is 2.22. The molecule has 0 bridgehead atoms. The van der Waals surface area contributed by atoms with Gasteiger partial charge in [-0.2, -0.15) is 0 Å². The van der Waals surface area contributed by atoms with E-state index in [9.17, 15) is 10.2 Å². The van der Waals surface area contributed by atoms with E-state index in [0.29, 0.717) is 23.5 Å². The second-order valence-electron chi connectivity index (χ2n) is 7.87. The first-order valence-electron chi connectivity index (χ1n) is 8.65. The standard InChI is InChI=1S/C20H23ClO2/c1-19-8-6-16-15-5-3-14(22)12-13(15)2-4-17(16)18(19)7-9-20(19,23)10-11-21/h3,5,12,16-18,22-23H,2,4,6-9H2,1H3/t16-,17-,18-,19-,20-/m0/s1. The molecule has 0 heterocycles. The summed E-state index contributed by atoms with van der Waals surface area (Å²) in [7, 11) is 0. The SMILES string of the molecule is C[C@]12CC[C@H]3c4ccc(O)cc4CC[C@@H]3[C@@H]1CC[C@]2(O)C#CCl. The van der Waals surface area contributed by atoms with E-state index >= 15 is 0 Å². The summed E-state index contributed by atoms with van der Waals surface area (Å²) < 4.78 is 0. The quantitative estimate of drug-likeness (QED) is 0.701. The van der Waals surface area contributed by atoms with E-state index in [1.807, 2.05) is 12.1 Å². The van der Waals surface area contributed by atoms with E-state index in [2.05, 4.69) is 24.3 Å². The summed E-state index contributed by atoms with van der Waals surface area (Å²) in [5.41, 5.74) is 1.65. The highest BCUT2D eigenvalue weighted by Crippen LogP contribution is 2.64. The zero-order valence-corrected chi connectivity index (χ0v) is 14.2. The predicted octanol–water partition coefficient (Wildman–Crippen LogP) is 4.18. The van der Waals surface area contributed by atoms with Crippen LogP contribution in [0, 0.1) is 28.6 Å². The second kappa shape index (κ2) is 5.16. The number of phenols is 1. The molecule has 1 aromatic rings. The molecule has 3 aliphatic rings. The van der Waals surface area contributed by atoms with Crippen LogP contribution in [0.3, 0.4) is 0 Å². The van der Waals surface area contributed by atoms with Crippen LogP contribution in [-0.4, -0.2) is 15.8 Å². The van der Waals surface area contributed by atoms with Crippen molar-refractivity contribution in [2.45, 2.75) is 57.0 Å². The first kappa shape index (κ1) is 15.4. The minimum atomic E-state index is -0.931. The Morgan fingerprint density at radius 1 is 1.22 bits per heavy atom. The molecule has 23 heavy (non-hydrogen) atoms. The number of aliphatic hydroxyl groups is 1. The average Bonchev–Trinajstić information content (AvgIpc) is 2.79. The molecule has 2 nitrogen and oxygen atoms in total. The number of halogens is 1. The Kier molecular flexibility index (Phi) is 3.45. The van der Waals surface area contributed by atoms with Crippen LogP contribution in [0.5, 0.6) is 5.75 Å². The molecule has 2 fully saturated rings. The lowest BCUT2D eigenvalue weighted by atomic mass is 9.53. The molecule has 2 saturated carbocycles. The van der Waals surface area contributed by atoms with E-state index in [4.69, 9.17) is 11.6 Å². The Bertz CT molecular complexity index is 703. The molecule has 2 N–H and O–H groups in total. The van der Waals surface area contributed by atoms with Crippen LogP contribution in [0.15, 0.2) is 18.2 Å². The van der Waals surface area contributed by atoms with Crippen molar-refractivity contribution in [2.75, 3.05) is 0 Å². The monoisotopic (exact) mass is 330 g/mol. The molecule has 0 aromatic heterocycles. The van der Waals surface area contributed by atoms with Crippen LogP contribution in [0.25, 0.3) is 0 Å². The Balaban J connectivity index is 1.71. The van der Waals surface area contributed by atoms with Gasteiger partial charge in [0.15, 0.2) is 0 Å². The van der Waals surface area contributed by atoms with Crippen molar-refractivity contribution >= 4 is 11.6 Å². The summed E-state index contributed by atoms with van der Waals surface area (Å²) in [5, 5.41) is 23.3. The van der Waals surface area contributed by atoms with Gasteiger partial charge in [-0.05, 0) is 91.1 Å². The first-order chi connectivity index (χ1) is 11.0. The molecule has 4 rings (SSSR count). The minimum Gasteiger partial charge on any atom is -0.508 e. The molecule has 0 aliphatic heterocycles. The third-order valence-corrected chi connectivity index (χ3v) is 7.21. The van der Waals surface area contributed by atoms with Crippen LogP contribution >= 0.6 is 11.6 Å². The molecule has 3 heteroatoms. The van der Waals surface area contributed by atoms with Crippen LogP contribution in [-0.2, 0) is 6.42 Å². The fourth-order valence-corrected chi connectivity index (χ4v) is 6.02. The van der Waals surface area contributed by atoms with Crippen molar-refractivity contribution in [1.82, 2.24) is 0 Å². The Labute approximate surface area is 142 Å². The summed E-state index contributed by atoms with van der Waals surface area (Å²) in [6.07, 6.45) is 6.01. The summed E-state index contributed by atoms with van der Waals surface area (Å²) in [4.78, 5) is 0. The minimum absolute atomic E-state index is 0.148. The van der Waals surface area contributed by atoms with Gasteiger partial charge in [-0.1, -0.05) is 18.9 Å². The van der Waals surface area contributed by atoms with Gasteiger partial charge in [-0.15, -0.1) is 0 Å². The van der Waals surface area contributed by atoms with Gasteiger partial charge >= 0.3 is 0 Å². The first-order valence-corrected chi connectivity index (χ1v) is 9.03. The summed E-state index contributed by atoms with van der Waals surface area (Å²) >= 11 is 5.64. The van der Waals surface area contributed by atoms with Gasteiger partial charge in [-0.3, -0.25) is 0 Å². The molecule has 0 unspecified atom stereocenters. The topological polar surface area (TPSA) is 40.5 Å². The number of aryl methyl sites for hydroxylation is 1.